The Hall–Kier alpha value is -2.12. The number of aliphatic hydroxyl groups is 4. The van der Waals surface area contributed by atoms with E-state index in [0.29, 0.717) is 66.0 Å². The Labute approximate surface area is 251 Å². The van der Waals surface area contributed by atoms with Crippen molar-refractivity contribution in [2.45, 2.75) is 96.0 Å². The Morgan fingerprint density at radius 2 is 1.28 bits per heavy atom. The Bertz CT molecular complexity index is 980. The van der Waals surface area contributed by atoms with Crippen molar-refractivity contribution in [1.29, 1.82) is 0 Å². The van der Waals surface area contributed by atoms with Crippen molar-refractivity contribution in [3.05, 3.63) is 23.8 Å². The van der Waals surface area contributed by atoms with Gasteiger partial charge in [0, 0.05) is 19.8 Å². The maximum atomic E-state index is 9.97. The van der Waals surface area contributed by atoms with Crippen LogP contribution in [-0.2, 0) is 54.7 Å². The van der Waals surface area contributed by atoms with Crippen LogP contribution in [0.3, 0.4) is 0 Å². The zero-order chi connectivity index (χ0) is 30.7. The number of rotatable bonds is 24. The molecule has 1 aliphatic rings. The topological polar surface area (TPSA) is 198 Å². The molecule has 4 N–H and O–H groups in total. The number of unbranched alkanes of at least 4 members (excludes halogenated alkanes) is 4. The molecule has 5 atom stereocenters. The van der Waals surface area contributed by atoms with Gasteiger partial charge in [-0.3, -0.25) is 4.68 Å². The smallest absolute Gasteiger partial charge is 0.186 e. The van der Waals surface area contributed by atoms with Crippen LogP contribution in [0.4, 0.5) is 0 Å². The van der Waals surface area contributed by atoms with Gasteiger partial charge in [-0.2, -0.15) is 0 Å². The zero-order valence-corrected chi connectivity index (χ0v) is 25.0. The molecule has 0 saturated carbocycles. The van der Waals surface area contributed by atoms with Crippen molar-refractivity contribution in [2.75, 3.05) is 52.9 Å². The molecule has 0 bridgehead atoms. The van der Waals surface area contributed by atoms with Gasteiger partial charge in [0.05, 0.1) is 71.8 Å². The molecule has 1 aliphatic heterocycles. The average Bonchev–Trinajstić information content (AvgIpc) is 3.68. The second-order valence-corrected chi connectivity index (χ2v) is 10.2. The second kappa shape index (κ2) is 20.8. The third-order valence-corrected chi connectivity index (χ3v) is 6.77. The lowest BCUT2D eigenvalue weighted by atomic mass is 9.99. The summed E-state index contributed by atoms with van der Waals surface area (Å²) in [5.74, 6) is 0. The number of ether oxygens (including phenoxy) is 6. The Balaban J connectivity index is 1.08. The van der Waals surface area contributed by atoms with Gasteiger partial charge in [0.25, 0.3) is 0 Å². The molecule has 3 rings (SSSR count). The maximum Gasteiger partial charge on any atom is 0.186 e. The number of hydrogen-bond donors (Lipinski definition) is 4. The standard InChI is InChI=1S/C27H48N6O10/c1-2-32-16-21(28-30-32)20-41-15-14-39-13-12-38-11-8-33-17-22(29-31-33)19-40-9-6-4-3-5-7-10-42-27-26(37)25(36)24(35)23(18-34)43-27/h16-17,23-27,34-37H,2-15,18-20H2,1H3/t23-,24?,25?,26?,27-/m0/s1. The number of aryl methyl sites for hydroxylation is 1. The zero-order valence-electron chi connectivity index (χ0n) is 25.0. The van der Waals surface area contributed by atoms with Crippen LogP contribution in [0.25, 0.3) is 0 Å². The highest BCUT2D eigenvalue weighted by Gasteiger charge is 2.43. The molecule has 0 aromatic carbocycles. The minimum atomic E-state index is -1.42. The van der Waals surface area contributed by atoms with Gasteiger partial charge < -0.3 is 48.8 Å². The van der Waals surface area contributed by atoms with Crippen LogP contribution >= 0.6 is 0 Å². The van der Waals surface area contributed by atoms with Crippen molar-refractivity contribution in [1.82, 2.24) is 30.0 Å². The van der Waals surface area contributed by atoms with E-state index in [1.165, 1.54) is 0 Å². The van der Waals surface area contributed by atoms with Gasteiger partial charge in [-0.05, 0) is 19.8 Å². The molecule has 3 heterocycles. The van der Waals surface area contributed by atoms with Crippen LogP contribution < -0.4 is 0 Å². The molecular weight excluding hydrogens is 568 g/mol. The summed E-state index contributed by atoms with van der Waals surface area (Å²) in [7, 11) is 0. The van der Waals surface area contributed by atoms with Gasteiger partial charge in [-0.1, -0.05) is 29.7 Å². The third-order valence-electron chi connectivity index (χ3n) is 6.77. The predicted octanol–water partition coefficient (Wildman–Crippen LogP) is -0.577. The first-order chi connectivity index (χ1) is 21.0. The van der Waals surface area contributed by atoms with Crippen molar-refractivity contribution >= 4 is 0 Å². The summed E-state index contributed by atoms with van der Waals surface area (Å²) in [6, 6.07) is 0. The molecule has 0 amide bonds. The van der Waals surface area contributed by atoms with Crippen LogP contribution in [0.2, 0.25) is 0 Å². The summed E-state index contributed by atoms with van der Waals surface area (Å²) >= 11 is 0. The molecule has 0 radical (unpaired) electrons. The number of aliphatic hydroxyl groups excluding tert-OH is 4. The maximum absolute atomic E-state index is 9.97. The van der Waals surface area contributed by atoms with Gasteiger partial charge in [0.15, 0.2) is 6.29 Å². The Morgan fingerprint density at radius 3 is 1.95 bits per heavy atom. The van der Waals surface area contributed by atoms with E-state index in [2.05, 4.69) is 20.6 Å². The monoisotopic (exact) mass is 616 g/mol. The van der Waals surface area contributed by atoms with Crippen LogP contribution in [0, 0.1) is 0 Å². The Morgan fingerprint density at radius 1 is 0.698 bits per heavy atom. The summed E-state index contributed by atoms with van der Waals surface area (Å²) < 4.78 is 36.6. The molecule has 1 fully saturated rings. The summed E-state index contributed by atoms with van der Waals surface area (Å²) in [4.78, 5) is 0. The van der Waals surface area contributed by atoms with Crippen molar-refractivity contribution < 1.29 is 48.8 Å². The highest BCUT2D eigenvalue weighted by Crippen LogP contribution is 2.22. The van der Waals surface area contributed by atoms with Crippen LogP contribution in [0.1, 0.15) is 50.4 Å². The molecule has 3 unspecified atom stereocenters. The minimum absolute atomic E-state index is 0.343. The first-order valence-corrected chi connectivity index (χ1v) is 15.0. The molecule has 246 valence electrons. The van der Waals surface area contributed by atoms with E-state index in [1.54, 1.807) is 9.36 Å². The van der Waals surface area contributed by atoms with E-state index in [4.69, 9.17) is 28.4 Å². The van der Waals surface area contributed by atoms with Gasteiger partial charge in [-0.15, -0.1) is 10.2 Å². The quantitative estimate of drug-likeness (QED) is 0.109. The lowest BCUT2D eigenvalue weighted by Gasteiger charge is -2.39. The van der Waals surface area contributed by atoms with Crippen molar-refractivity contribution in [3.63, 3.8) is 0 Å². The molecule has 1 saturated heterocycles. The summed E-state index contributed by atoms with van der Waals surface area (Å²) in [5, 5.41) is 55.0. The summed E-state index contributed by atoms with van der Waals surface area (Å²) in [6.07, 6.45) is 2.14. The van der Waals surface area contributed by atoms with Gasteiger partial charge in [0.1, 0.15) is 35.8 Å². The largest absolute Gasteiger partial charge is 0.394 e. The van der Waals surface area contributed by atoms with E-state index in [9.17, 15) is 20.4 Å². The molecule has 0 spiro atoms. The van der Waals surface area contributed by atoms with Crippen LogP contribution in [-0.4, -0.2) is 134 Å². The lowest BCUT2D eigenvalue weighted by molar-refractivity contribution is -0.301. The van der Waals surface area contributed by atoms with E-state index in [0.717, 1.165) is 50.0 Å². The molecule has 2 aromatic rings. The number of aromatic nitrogens is 6. The molecule has 2 aromatic heterocycles. The first-order valence-electron chi connectivity index (χ1n) is 15.0. The van der Waals surface area contributed by atoms with Gasteiger partial charge in [0.2, 0.25) is 0 Å². The highest BCUT2D eigenvalue weighted by atomic mass is 16.7. The molecule has 16 heteroatoms. The normalized spacial score (nSPS) is 22.4. The molecule has 16 nitrogen and oxygen atoms in total. The fraction of sp³-hybridized carbons (Fsp3) is 0.852. The van der Waals surface area contributed by atoms with Gasteiger partial charge >= 0.3 is 0 Å². The lowest BCUT2D eigenvalue weighted by Crippen LogP contribution is -2.59. The highest BCUT2D eigenvalue weighted by molar-refractivity contribution is 4.90. The first kappa shape index (κ1) is 35.4. The fourth-order valence-electron chi connectivity index (χ4n) is 4.27. The third kappa shape index (κ3) is 13.2. The fourth-order valence-corrected chi connectivity index (χ4v) is 4.27. The average molecular weight is 617 g/mol. The van der Waals surface area contributed by atoms with Crippen LogP contribution in [0.5, 0.6) is 0 Å². The van der Waals surface area contributed by atoms with E-state index in [1.807, 2.05) is 19.3 Å². The molecule has 43 heavy (non-hydrogen) atoms. The molecule has 0 aliphatic carbocycles. The van der Waals surface area contributed by atoms with Crippen molar-refractivity contribution in [2.24, 2.45) is 0 Å². The Kier molecular flexibility index (Phi) is 17.1. The summed E-state index contributed by atoms with van der Waals surface area (Å²) in [5.41, 5.74) is 1.57. The number of hydrogen-bond acceptors (Lipinski definition) is 14. The van der Waals surface area contributed by atoms with E-state index in [-0.39, 0.29) is 0 Å². The number of nitrogens with zero attached hydrogens (tertiary/aromatic N) is 6. The van der Waals surface area contributed by atoms with Crippen LogP contribution in [0.15, 0.2) is 12.4 Å². The SMILES string of the molecule is CCn1cc(COCCOCCOCCn2cc(COCCCCCCCO[C@H]3O[C@@H](CO)C(O)C(O)C3O)nn2)nn1. The van der Waals surface area contributed by atoms with E-state index >= 15 is 0 Å². The second-order valence-electron chi connectivity index (χ2n) is 10.2. The minimum Gasteiger partial charge on any atom is -0.394 e. The van der Waals surface area contributed by atoms with Crippen molar-refractivity contribution in [3.8, 4) is 0 Å². The predicted molar refractivity (Wildman–Crippen MR) is 149 cm³/mol. The summed E-state index contributed by atoms with van der Waals surface area (Å²) in [6.45, 7) is 7.15. The van der Waals surface area contributed by atoms with Gasteiger partial charge in [-0.25, -0.2) is 4.68 Å². The molecular formula is C27H48N6O10. The van der Waals surface area contributed by atoms with E-state index < -0.39 is 37.3 Å².